The molecule has 0 aliphatic carbocycles. The number of hydrogen-bond donors (Lipinski definition) is 3. The number of aliphatic hydroxyl groups is 1. The van der Waals surface area contributed by atoms with Crippen molar-refractivity contribution in [3.05, 3.63) is 125 Å². The Balaban J connectivity index is 1.33. The van der Waals surface area contributed by atoms with Gasteiger partial charge in [0, 0.05) is 34.2 Å². The fraction of sp³-hybridized carbons (Fsp3) is 0.297. The first kappa shape index (κ1) is 34.0. The number of esters is 1. The van der Waals surface area contributed by atoms with Crippen LogP contribution in [0.1, 0.15) is 41.6 Å². The molecule has 0 unspecified atom stereocenters. The third-order valence-corrected chi connectivity index (χ3v) is 9.23. The number of benzene rings is 4. The van der Waals surface area contributed by atoms with Crippen LogP contribution in [0.2, 0.25) is 0 Å². The topological polar surface area (TPSA) is 115 Å². The van der Waals surface area contributed by atoms with Gasteiger partial charge in [-0.3, -0.25) is 0 Å². The molecule has 1 heterocycles. The molecule has 0 aromatic heterocycles. The average Bonchev–Trinajstić information content (AvgIpc) is 3.11. The van der Waals surface area contributed by atoms with Gasteiger partial charge in [-0.15, -0.1) is 11.8 Å². The second-order valence-electron chi connectivity index (χ2n) is 11.3. The Kier molecular flexibility index (Phi) is 11.9. The van der Waals surface area contributed by atoms with Crippen LogP contribution in [-0.2, 0) is 32.0 Å². The van der Waals surface area contributed by atoms with Crippen LogP contribution in [0.3, 0.4) is 0 Å². The van der Waals surface area contributed by atoms with Crippen LogP contribution >= 0.6 is 11.8 Å². The van der Waals surface area contributed by atoms with E-state index in [0.717, 1.165) is 32.9 Å². The molecule has 9 nitrogen and oxygen atoms in total. The van der Waals surface area contributed by atoms with Gasteiger partial charge in [-0.05, 0) is 41.0 Å². The first-order valence-corrected chi connectivity index (χ1v) is 16.4. The van der Waals surface area contributed by atoms with Crippen LogP contribution < -0.4 is 15.4 Å². The van der Waals surface area contributed by atoms with Gasteiger partial charge >= 0.3 is 12.0 Å². The molecule has 47 heavy (non-hydrogen) atoms. The summed E-state index contributed by atoms with van der Waals surface area (Å²) in [5.41, 5.74) is 3.94. The number of methoxy groups -OCH3 is 2. The highest BCUT2D eigenvalue weighted by Gasteiger charge is 2.38. The normalized spacial score (nSPS) is 19.7. The molecule has 5 atom stereocenters. The summed E-state index contributed by atoms with van der Waals surface area (Å²) in [6.45, 7) is 2.08. The number of urea groups is 1. The Morgan fingerprint density at radius 3 is 2.34 bits per heavy atom. The lowest BCUT2D eigenvalue weighted by atomic mass is 9.91. The van der Waals surface area contributed by atoms with Gasteiger partial charge in [-0.1, -0.05) is 85.8 Å². The fourth-order valence-electron chi connectivity index (χ4n) is 5.49. The summed E-state index contributed by atoms with van der Waals surface area (Å²) in [5.74, 6) is 0.926. The Bertz CT molecular complexity index is 1620. The molecule has 5 rings (SSSR count). The van der Waals surface area contributed by atoms with E-state index in [9.17, 15) is 14.7 Å². The maximum Gasteiger partial charge on any atom is 0.328 e. The molecular formula is C37H40N2O7S. The Morgan fingerprint density at radius 2 is 1.62 bits per heavy atom. The molecule has 1 saturated heterocycles. The van der Waals surface area contributed by atoms with E-state index in [2.05, 4.69) is 17.6 Å². The van der Waals surface area contributed by atoms with Gasteiger partial charge in [0.2, 0.25) is 0 Å². The lowest BCUT2D eigenvalue weighted by Crippen LogP contribution is -2.45. The largest absolute Gasteiger partial charge is 0.496 e. The second kappa shape index (κ2) is 16.5. The van der Waals surface area contributed by atoms with Crippen LogP contribution in [0.25, 0.3) is 0 Å². The highest BCUT2D eigenvalue weighted by molar-refractivity contribution is 7.99. The Labute approximate surface area is 279 Å². The number of ether oxygens (including phenoxy) is 4. The summed E-state index contributed by atoms with van der Waals surface area (Å²) in [7, 11) is 2.96. The number of thioether (sulfide) groups is 1. The van der Waals surface area contributed by atoms with Gasteiger partial charge in [0.15, 0.2) is 6.29 Å². The predicted octanol–water partition coefficient (Wildman–Crippen LogP) is 6.68. The molecule has 0 bridgehead atoms. The van der Waals surface area contributed by atoms with Crippen LogP contribution in [0, 0.1) is 5.92 Å². The minimum absolute atomic E-state index is 0.000360. The summed E-state index contributed by atoms with van der Waals surface area (Å²) in [6, 6.07) is 31.0. The van der Waals surface area contributed by atoms with Gasteiger partial charge in [0.05, 0.1) is 33.0 Å². The van der Waals surface area contributed by atoms with E-state index >= 15 is 0 Å². The standard InChI is InChI=1S/C37H40N2O7S/c1-24-32(23-47-33-15-8-7-14-31(33)43-2)45-36(46-34(24)27-18-16-26(22-40)17-19-27)28-12-9-13-29(21-28)38-37(42)39-30(35(41)44-3)20-25-10-5-4-6-11-25/h4-19,21,24,30,32,34,36,40H,20,22-23H2,1-3H3,(H2,38,39,42)/t24-,30+,32+,34+,36+/m1/s1. The molecule has 4 aromatic carbocycles. The summed E-state index contributed by atoms with van der Waals surface area (Å²) >= 11 is 1.66. The zero-order valence-corrected chi connectivity index (χ0v) is 27.4. The van der Waals surface area contributed by atoms with Crippen molar-refractivity contribution >= 4 is 29.4 Å². The van der Waals surface area contributed by atoms with E-state index in [-0.39, 0.29) is 31.2 Å². The van der Waals surface area contributed by atoms with Crippen LogP contribution in [0.15, 0.2) is 108 Å². The molecule has 246 valence electrons. The molecule has 0 spiro atoms. The summed E-state index contributed by atoms with van der Waals surface area (Å²) in [4.78, 5) is 26.5. The molecule has 1 aliphatic rings. The number of aliphatic hydroxyl groups excluding tert-OH is 1. The molecule has 1 fully saturated rings. The van der Waals surface area contributed by atoms with Crippen LogP contribution in [-0.4, -0.2) is 49.2 Å². The quantitative estimate of drug-likeness (QED) is 0.114. The Morgan fingerprint density at radius 1 is 0.872 bits per heavy atom. The lowest BCUT2D eigenvalue weighted by Gasteiger charge is -2.41. The maximum atomic E-state index is 13.1. The van der Waals surface area contributed by atoms with Gasteiger partial charge < -0.3 is 34.7 Å². The molecule has 0 radical (unpaired) electrons. The van der Waals surface area contributed by atoms with Crippen molar-refractivity contribution in [3.8, 4) is 5.75 Å². The lowest BCUT2D eigenvalue weighted by molar-refractivity contribution is -0.268. The summed E-state index contributed by atoms with van der Waals surface area (Å²) in [5, 5.41) is 15.1. The number of para-hydroxylation sites is 1. The van der Waals surface area contributed by atoms with E-state index in [1.807, 2.05) is 91.0 Å². The van der Waals surface area contributed by atoms with Crippen LogP contribution in [0.5, 0.6) is 5.75 Å². The predicted molar refractivity (Wildman–Crippen MR) is 181 cm³/mol. The molecule has 0 saturated carbocycles. The van der Waals surface area contributed by atoms with Crippen molar-refractivity contribution in [2.24, 2.45) is 5.92 Å². The highest BCUT2D eigenvalue weighted by atomic mass is 32.2. The van der Waals surface area contributed by atoms with Crippen molar-refractivity contribution in [3.63, 3.8) is 0 Å². The molecule has 2 amide bonds. The molecule has 4 aromatic rings. The third-order valence-electron chi connectivity index (χ3n) is 8.09. The number of carbonyl (C=O) groups excluding carboxylic acids is 2. The minimum atomic E-state index is -0.864. The number of amides is 2. The molecular weight excluding hydrogens is 616 g/mol. The molecule has 10 heteroatoms. The number of anilines is 1. The third kappa shape index (κ3) is 8.93. The highest BCUT2D eigenvalue weighted by Crippen LogP contribution is 2.44. The summed E-state index contributed by atoms with van der Waals surface area (Å²) < 4.78 is 23.7. The number of hydrogen-bond acceptors (Lipinski definition) is 8. The minimum Gasteiger partial charge on any atom is -0.496 e. The van der Waals surface area contributed by atoms with Crippen molar-refractivity contribution in [1.29, 1.82) is 0 Å². The Hall–Kier alpha value is -4.35. The van der Waals surface area contributed by atoms with E-state index in [0.29, 0.717) is 11.4 Å². The number of carbonyl (C=O) groups is 2. The fourth-order valence-corrected chi connectivity index (χ4v) is 6.69. The van der Waals surface area contributed by atoms with E-state index in [4.69, 9.17) is 18.9 Å². The second-order valence-corrected chi connectivity index (χ2v) is 12.3. The monoisotopic (exact) mass is 656 g/mol. The van der Waals surface area contributed by atoms with E-state index in [1.165, 1.54) is 7.11 Å². The number of rotatable bonds is 12. The van der Waals surface area contributed by atoms with Crippen molar-refractivity contribution in [2.45, 2.75) is 49.4 Å². The van der Waals surface area contributed by atoms with Crippen molar-refractivity contribution in [2.75, 3.05) is 25.3 Å². The van der Waals surface area contributed by atoms with Crippen molar-refractivity contribution in [1.82, 2.24) is 5.32 Å². The molecule has 1 aliphatic heterocycles. The first-order chi connectivity index (χ1) is 22.9. The SMILES string of the molecule is COC(=O)[C@H](Cc1ccccc1)NC(=O)Nc1cccc([C@H]2O[C@@H](CSc3ccccc3OC)[C@@H](C)[C@@H](c3ccc(CO)cc3)O2)c1. The van der Waals surface area contributed by atoms with E-state index in [1.54, 1.807) is 31.0 Å². The van der Waals surface area contributed by atoms with Gasteiger partial charge in [0.1, 0.15) is 11.8 Å². The van der Waals surface area contributed by atoms with Gasteiger partial charge in [-0.2, -0.15) is 0 Å². The van der Waals surface area contributed by atoms with Crippen LogP contribution in [0.4, 0.5) is 10.5 Å². The van der Waals surface area contributed by atoms with Gasteiger partial charge in [0.25, 0.3) is 0 Å². The molecule has 3 N–H and O–H groups in total. The van der Waals surface area contributed by atoms with Crippen molar-refractivity contribution < 1.29 is 33.6 Å². The summed E-state index contributed by atoms with van der Waals surface area (Å²) in [6.07, 6.45) is -0.909. The van der Waals surface area contributed by atoms with Gasteiger partial charge in [-0.25, -0.2) is 9.59 Å². The smallest absolute Gasteiger partial charge is 0.328 e. The average molecular weight is 657 g/mol. The zero-order chi connectivity index (χ0) is 33.2. The van der Waals surface area contributed by atoms with E-state index < -0.39 is 24.3 Å². The first-order valence-electron chi connectivity index (χ1n) is 15.4. The zero-order valence-electron chi connectivity index (χ0n) is 26.6. The number of nitrogens with one attached hydrogen (secondary N) is 2. The maximum absolute atomic E-state index is 13.1.